The van der Waals surface area contributed by atoms with Crippen LogP contribution in [0.4, 0.5) is 0 Å². The molecule has 1 unspecified atom stereocenters. The molecule has 3 aromatic carbocycles. The first-order valence-electron chi connectivity index (χ1n) is 12.1. The Kier molecular flexibility index (Phi) is 8.70. The Balaban J connectivity index is 1.68. The average molecular weight is 528 g/mol. The van der Waals surface area contributed by atoms with E-state index in [0.717, 1.165) is 41.6 Å². The molecule has 4 rings (SSSR count). The van der Waals surface area contributed by atoms with Crippen LogP contribution in [0.5, 0.6) is 0 Å². The fraction of sp³-hybridized carbons (Fsp3) is 0.345. The van der Waals surface area contributed by atoms with Crippen molar-refractivity contribution in [3.05, 3.63) is 105 Å². The summed E-state index contributed by atoms with van der Waals surface area (Å²) in [5.41, 5.74) is 4.19. The van der Waals surface area contributed by atoms with Gasteiger partial charge in [-0.3, -0.25) is 4.90 Å². The second-order valence-corrected chi connectivity index (χ2v) is 10.2. The number of carboxylic acid groups (broad SMARTS) is 1. The monoisotopic (exact) mass is 527 g/mol. The number of likely N-dealkylation sites (tertiary alicyclic amines) is 1. The third-order valence-electron chi connectivity index (χ3n) is 6.98. The molecule has 1 aliphatic rings. The molecule has 4 atom stereocenters. The highest BCUT2D eigenvalue weighted by molar-refractivity contribution is 6.34. The highest BCUT2D eigenvalue weighted by Crippen LogP contribution is 2.41. The van der Waals surface area contributed by atoms with Crippen molar-refractivity contribution in [2.45, 2.75) is 51.0 Å². The van der Waals surface area contributed by atoms with Crippen LogP contribution in [0, 0.1) is 6.92 Å². The van der Waals surface area contributed by atoms with Crippen molar-refractivity contribution in [1.29, 1.82) is 0 Å². The molecule has 5 nitrogen and oxygen atoms in total. The lowest BCUT2D eigenvalue weighted by Gasteiger charge is -2.45. The topological polar surface area (TPSA) is 70.0 Å². The van der Waals surface area contributed by atoms with Gasteiger partial charge in [-0.15, -0.1) is 0 Å². The number of aryl methyl sites for hydroxylation is 1. The molecule has 0 aliphatic carbocycles. The molecule has 1 saturated heterocycles. The zero-order chi connectivity index (χ0) is 25.8. The molecule has 1 fully saturated rings. The Morgan fingerprint density at radius 1 is 1.08 bits per heavy atom. The van der Waals surface area contributed by atoms with E-state index in [1.165, 1.54) is 0 Å². The molecule has 0 spiro atoms. The van der Waals surface area contributed by atoms with E-state index in [2.05, 4.69) is 24.0 Å². The van der Waals surface area contributed by atoms with Gasteiger partial charge in [-0.25, -0.2) is 4.79 Å². The molecular formula is C29H31Cl2NO4. The first kappa shape index (κ1) is 26.6. The second-order valence-electron chi connectivity index (χ2n) is 9.34. The van der Waals surface area contributed by atoms with Crippen LogP contribution in [0.15, 0.2) is 66.7 Å². The van der Waals surface area contributed by atoms with Crippen molar-refractivity contribution in [3.8, 4) is 0 Å². The van der Waals surface area contributed by atoms with Crippen molar-refractivity contribution >= 4 is 29.2 Å². The summed E-state index contributed by atoms with van der Waals surface area (Å²) in [7, 11) is 0. The van der Waals surface area contributed by atoms with Crippen LogP contribution in [0.25, 0.3) is 0 Å². The SMILES string of the molecule is Cc1cc(C(=O)O)ccc1C(C)N1CCC[C@H](O[C@H](CO)c2cc(Cl)cc(Cl)c2)[C@@H]1c1ccccc1. The van der Waals surface area contributed by atoms with Crippen molar-refractivity contribution in [2.24, 2.45) is 0 Å². The summed E-state index contributed by atoms with van der Waals surface area (Å²) in [4.78, 5) is 13.9. The molecule has 1 heterocycles. The molecule has 7 heteroatoms. The summed E-state index contributed by atoms with van der Waals surface area (Å²) in [6.45, 7) is 4.78. The zero-order valence-electron chi connectivity index (χ0n) is 20.4. The molecule has 0 bridgehead atoms. The highest BCUT2D eigenvalue weighted by Gasteiger charge is 2.38. The van der Waals surface area contributed by atoms with Crippen LogP contribution in [0.1, 0.15) is 70.6 Å². The van der Waals surface area contributed by atoms with Crippen LogP contribution in [0.2, 0.25) is 10.0 Å². The molecule has 3 aromatic rings. The van der Waals surface area contributed by atoms with E-state index in [0.29, 0.717) is 10.0 Å². The lowest BCUT2D eigenvalue weighted by Crippen LogP contribution is -2.45. The maximum absolute atomic E-state index is 11.4. The van der Waals surface area contributed by atoms with Gasteiger partial charge in [0, 0.05) is 16.1 Å². The number of nitrogens with zero attached hydrogens (tertiary/aromatic N) is 1. The van der Waals surface area contributed by atoms with E-state index in [9.17, 15) is 15.0 Å². The first-order chi connectivity index (χ1) is 17.3. The number of carbonyl (C=O) groups is 1. The third kappa shape index (κ3) is 5.93. The van der Waals surface area contributed by atoms with E-state index in [4.69, 9.17) is 27.9 Å². The lowest BCUT2D eigenvalue weighted by atomic mass is 9.88. The van der Waals surface area contributed by atoms with Gasteiger partial charge in [-0.2, -0.15) is 0 Å². The minimum Gasteiger partial charge on any atom is -0.478 e. The van der Waals surface area contributed by atoms with E-state index in [1.807, 2.05) is 31.2 Å². The molecule has 0 saturated carbocycles. The minimum absolute atomic E-state index is 0.0256. The molecular weight excluding hydrogens is 497 g/mol. The number of benzene rings is 3. The smallest absolute Gasteiger partial charge is 0.335 e. The third-order valence-corrected chi connectivity index (χ3v) is 7.42. The van der Waals surface area contributed by atoms with Gasteiger partial charge in [0.05, 0.1) is 24.3 Å². The number of aromatic carboxylic acids is 1. The van der Waals surface area contributed by atoms with Crippen molar-refractivity contribution in [3.63, 3.8) is 0 Å². The first-order valence-corrected chi connectivity index (χ1v) is 12.9. The maximum atomic E-state index is 11.4. The van der Waals surface area contributed by atoms with E-state index in [-0.39, 0.29) is 30.4 Å². The Morgan fingerprint density at radius 2 is 1.78 bits per heavy atom. The normalized spacial score (nSPS) is 20.1. The van der Waals surface area contributed by atoms with Gasteiger partial charge in [0.15, 0.2) is 0 Å². The lowest BCUT2D eigenvalue weighted by molar-refractivity contribution is -0.106. The number of ether oxygens (including phenoxy) is 1. The molecule has 190 valence electrons. The Hall–Kier alpha value is -2.41. The molecule has 0 aromatic heterocycles. The van der Waals surface area contributed by atoms with Crippen LogP contribution in [0.3, 0.4) is 0 Å². The molecule has 2 N–H and O–H groups in total. The van der Waals surface area contributed by atoms with E-state index >= 15 is 0 Å². The largest absolute Gasteiger partial charge is 0.478 e. The van der Waals surface area contributed by atoms with Crippen LogP contribution < -0.4 is 0 Å². The van der Waals surface area contributed by atoms with Gasteiger partial charge in [0.2, 0.25) is 0 Å². The summed E-state index contributed by atoms with van der Waals surface area (Å²) in [6.07, 6.45) is 1.02. The predicted octanol–water partition coefficient (Wildman–Crippen LogP) is 7.02. The maximum Gasteiger partial charge on any atom is 0.335 e. The molecule has 1 aliphatic heterocycles. The molecule has 0 radical (unpaired) electrons. The number of aliphatic hydroxyl groups is 1. The number of piperidine rings is 1. The summed E-state index contributed by atoms with van der Waals surface area (Å²) >= 11 is 12.5. The fourth-order valence-electron chi connectivity index (χ4n) is 5.27. The zero-order valence-corrected chi connectivity index (χ0v) is 21.9. The van der Waals surface area contributed by atoms with Crippen LogP contribution in [-0.2, 0) is 4.74 Å². The van der Waals surface area contributed by atoms with Crippen molar-refractivity contribution in [1.82, 2.24) is 4.90 Å². The van der Waals surface area contributed by atoms with Gasteiger partial charge < -0.3 is 14.9 Å². The Morgan fingerprint density at radius 3 is 2.39 bits per heavy atom. The summed E-state index contributed by atoms with van der Waals surface area (Å²) < 4.78 is 6.61. The highest BCUT2D eigenvalue weighted by atomic mass is 35.5. The number of carboxylic acids is 1. The fourth-order valence-corrected chi connectivity index (χ4v) is 5.82. The number of hydrogen-bond acceptors (Lipinski definition) is 4. The second kappa shape index (κ2) is 11.8. The minimum atomic E-state index is -0.929. The summed E-state index contributed by atoms with van der Waals surface area (Å²) in [6, 6.07) is 20.8. The van der Waals surface area contributed by atoms with Crippen LogP contribution in [-0.4, -0.2) is 40.3 Å². The summed E-state index contributed by atoms with van der Waals surface area (Å²) in [5.74, 6) is -0.929. The van der Waals surface area contributed by atoms with E-state index in [1.54, 1.807) is 30.3 Å². The Labute approximate surface area is 222 Å². The number of hydrogen-bond donors (Lipinski definition) is 2. The van der Waals surface area contributed by atoms with Gasteiger partial charge in [-0.05, 0) is 85.8 Å². The molecule has 36 heavy (non-hydrogen) atoms. The summed E-state index contributed by atoms with van der Waals surface area (Å²) in [5, 5.41) is 20.6. The Bertz CT molecular complexity index is 1180. The standard InChI is InChI=1S/C29H31Cl2NO4/c1-18-13-21(29(34)35)10-11-25(18)19(2)32-12-6-9-26(28(32)20-7-4-3-5-8-20)36-27(17-33)22-14-23(30)16-24(31)15-22/h3-5,7-8,10-11,13-16,19,26-28,33H,6,9,12,17H2,1-2H3,(H,34,35)/t19?,26-,27+,28-/m0/s1. The van der Waals surface area contributed by atoms with Crippen molar-refractivity contribution in [2.75, 3.05) is 13.2 Å². The van der Waals surface area contributed by atoms with Gasteiger partial charge in [0.1, 0.15) is 6.10 Å². The number of halogens is 2. The number of aliphatic hydroxyl groups excluding tert-OH is 1. The quantitative estimate of drug-likeness (QED) is 0.329. The average Bonchev–Trinajstić information content (AvgIpc) is 2.86. The van der Waals surface area contributed by atoms with E-state index < -0.39 is 12.1 Å². The van der Waals surface area contributed by atoms with Gasteiger partial charge in [0.25, 0.3) is 0 Å². The number of rotatable bonds is 8. The van der Waals surface area contributed by atoms with Crippen LogP contribution >= 0.6 is 23.2 Å². The molecule has 0 amide bonds. The van der Waals surface area contributed by atoms with Gasteiger partial charge in [-0.1, -0.05) is 59.6 Å². The predicted molar refractivity (Wildman–Crippen MR) is 143 cm³/mol. The van der Waals surface area contributed by atoms with Crippen molar-refractivity contribution < 1.29 is 19.7 Å². The van der Waals surface area contributed by atoms with Gasteiger partial charge >= 0.3 is 5.97 Å².